The van der Waals surface area contributed by atoms with Crippen LogP contribution in [-0.2, 0) is 0 Å². The van der Waals surface area contributed by atoms with Crippen LogP contribution in [0.1, 0.15) is 10.4 Å². The van der Waals surface area contributed by atoms with Crippen LogP contribution in [0.5, 0.6) is 0 Å². The van der Waals surface area contributed by atoms with E-state index < -0.39 is 0 Å². The van der Waals surface area contributed by atoms with Crippen LogP contribution in [-0.4, -0.2) is 31.5 Å². The van der Waals surface area contributed by atoms with Crippen molar-refractivity contribution in [3.8, 4) is 0 Å². The van der Waals surface area contributed by atoms with Gasteiger partial charge in [0.15, 0.2) is 0 Å². The van der Waals surface area contributed by atoms with Crippen molar-refractivity contribution in [3.63, 3.8) is 0 Å². The van der Waals surface area contributed by atoms with Gasteiger partial charge in [-0.25, -0.2) is 0 Å². The Morgan fingerprint density at radius 1 is 1.28 bits per heavy atom. The molecule has 0 aliphatic carbocycles. The maximum atomic E-state index is 12.1. The van der Waals surface area contributed by atoms with E-state index in [1.165, 1.54) is 0 Å². The second-order valence-corrected chi connectivity index (χ2v) is 3.59. The second-order valence-electron chi connectivity index (χ2n) is 3.59. The van der Waals surface area contributed by atoms with E-state index >= 15 is 0 Å². The first-order valence-electron chi connectivity index (χ1n) is 5.22. The number of amides is 1. The molecule has 18 heavy (non-hydrogen) atoms. The third-order valence-corrected chi connectivity index (χ3v) is 2.50. The molecule has 0 spiro atoms. The first-order valence-corrected chi connectivity index (χ1v) is 5.22. The lowest BCUT2D eigenvalue weighted by Crippen LogP contribution is -2.13. The zero-order valence-electron chi connectivity index (χ0n) is 9.16. The lowest BCUT2D eigenvalue weighted by Gasteiger charge is -2.04. The number of aromatic nitrogens is 5. The minimum atomic E-state index is -0.296. The quantitative estimate of drug-likeness (QED) is 0.696. The van der Waals surface area contributed by atoms with E-state index in [1.807, 2.05) is 18.2 Å². The van der Waals surface area contributed by atoms with Crippen LogP contribution in [0.4, 0.5) is 5.95 Å². The van der Waals surface area contributed by atoms with Crippen molar-refractivity contribution >= 4 is 22.6 Å². The number of H-pyrrole nitrogens is 1. The molecule has 2 aromatic heterocycles. The Morgan fingerprint density at radius 3 is 3.06 bits per heavy atom. The summed E-state index contributed by atoms with van der Waals surface area (Å²) in [5, 5.41) is 17.2. The number of carbonyl (C=O) groups excluding carboxylic acids is 1. The number of tetrazole rings is 1. The normalized spacial score (nSPS) is 10.4. The fourth-order valence-electron chi connectivity index (χ4n) is 1.70. The summed E-state index contributed by atoms with van der Waals surface area (Å²) in [6.07, 6.45) is 3.34. The topological polar surface area (TPSA) is 96.5 Å². The molecule has 3 aromatic rings. The van der Waals surface area contributed by atoms with E-state index in [-0.39, 0.29) is 11.9 Å². The molecule has 0 atom stereocenters. The van der Waals surface area contributed by atoms with Gasteiger partial charge in [-0.15, -0.1) is 5.10 Å². The van der Waals surface area contributed by atoms with Gasteiger partial charge in [0.2, 0.25) is 0 Å². The van der Waals surface area contributed by atoms with Crippen molar-refractivity contribution < 1.29 is 4.79 Å². The number of benzene rings is 1. The Morgan fingerprint density at radius 2 is 2.22 bits per heavy atom. The highest BCUT2D eigenvalue weighted by Gasteiger charge is 2.11. The van der Waals surface area contributed by atoms with Crippen molar-refractivity contribution in [2.24, 2.45) is 0 Å². The van der Waals surface area contributed by atoms with Gasteiger partial charge in [-0.05, 0) is 22.7 Å². The summed E-state index contributed by atoms with van der Waals surface area (Å²) < 4.78 is 0. The van der Waals surface area contributed by atoms with E-state index in [0.29, 0.717) is 5.56 Å². The maximum Gasteiger partial charge on any atom is 0.270 e. The number of hydrogen-bond acceptors (Lipinski definition) is 5. The van der Waals surface area contributed by atoms with Gasteiger partial charge in [-0.3, -0.25) is 15.1 Å². The van der Waals surface area contributed by atoms with Crippen LogP contribution < -0.4 is 5.32 Å². The summed E-state index contributed by atoms with van der Waals surface area (Å²) in [7, 11) is 0. The standard InChI is InChI=1S/C11H8N6O/c18-10(13-11-14-16-17-15-11)8-3-1-2-7-4-5-12-6-9(7)8/h1-6H,(H2,13,14,15,16,17,18). The van der Waals surface area contributed by atoms with Gasteiger partial charge in [-0.2, -0.15) is 5.21 Å². The molecule has 2 N–H and O–H groups in total. The summed E-state index contributed by atoms with van der Waals surface area (Å²) in [5.41, 5.74) is 0.519. The molecule has 0 aliphatic heterocycles. The molecule has 0 saturated carbocycles. The molecule has 0 unspecified atom stereocenters. The van der Waals surface area contributed by atoms with E-state index in [1.54, 1.807) is 18.5 Å². The Balaban J connectivity index is 2.01. The average molecular weight is 240 g/mol. The Bertz CT molecular complexity index is 688. The number of aromatic amines is 1. The van der Waals surface area contributed by atoms with Gasteiger partial charge < -0.3 is 0 Å². The molecule has 1 aromatic carbocycles. The Hall–Kier alpha value is -2.83. The highest BCUT2D eigenvalue weighted by atomic mass is 16.1. The fourth-order valence-corrected chi connectivity index (χ4v) is 1.70. The third-order valence-electron chi connectivity index (χ3n) is 2.50. The lowest BCUT2D eigenvalue weighted by atomic mass is 10.1. The lowest BCUT2D eigenvalue weighted by molar-refractivity contribution is 0.102. The van der Waals surface area contributed by atoms with E-state index in [9.17, 15) is 4.79 Å². The first kappa shape index (κ1) is 10.3. The van der Waals surface area contributed by atoms with Crippen molar-refractivity contribution in [3.05, 3.63) is 42.2 Å². The van der Waals surface area contributed by atoms with Crippen LogP contribution >= 0.6 is 0 Å². The predicted molar refractivity (Wildman–Crippen MR) is 63.9 cm³/mol. The predicted octanol–water partition coefficient (Wildman–Crippen LogP) is 1.00. The fraction of sp³-hybridized carbons (Fsp3) is 0. The molecule has 0 radical (unpaired) electrons. The maximum absolute atomic E-state index is 12.1. The van der Waals surface area contributed by atoms with Crippen molar-refractivity contribution in [1.82, 2.24) is 25.6 Å². The van der Waals surface area contributed by atoms with Crippen LogP contribution in [0.2, 0.25) is 0 Å². The summed E-state index contributed by atoms with van der Waals surface area (Å²) in [6.45, 7) is 0. The van der Waals surface area contributed by atoms with Gasteiger partial charge >= 0.3 is 0 Å². The van der Waals surface area contributed by atoms with Crippen LogP contribution in [0, 0.1) is 0 Å². The molecule has 0 fully saturated rings. The van der Waals surface area contributed by atoms with E-state index in [2.05, 4.69) is 30.9 Å². The van der Waals surface area contributed by atoms with Crippen molar-refractivity contribution in [2.75, 3.05) is 5.32 Å². The number of nitrogens with one attached hydrogen (secondary N) is 2. The molecule has 0 aliphatic rings. The highest BCUT2D eigenvalue weighted by molar-refractivity contribution is 6.12. The number of pyridine rings is 1. The van der Waals surface area contributed by atoms with Crippen LogP contribution in [0.15, 0.2) is 36.7 Å². The Kier molecular flexibility index (Phi) is 2.41. The number of nitrogens with zero attached hydrogens (tertiary/aromatic N) is 4. The zero-order chi connectivity index (χ0) is 12.4. The summed E-state index contributed by atoms with van der Waals surface area (Å²) in [4.78, 5) is 16.1. The summed E-state index contributed by atoms with van der Waals surface area (Å²) in [6, 6.07) is 7.30. The third kappa shape index (κ3) is 1.77. The molecule has 7 nitrogen and oxygen atoms in total. The molecule has 3 rings (SSSR count). The smallest absolute Gasteiger partial charge is 0.270 e. The molecule has 88 valence electrons. The average Bonchev–Trinajstić information content (AvgIpc) is 2.91. The molecule has 7 heteroatoms. The van der Waals surface area contributed by atoms with Crippen molar-refractivity contribution in [2.45, 2.75) is 0 Å². The molecular weight excluding hydrogens is 232 g/mol. The molecule has 2 heterocycles. The van der Waals surface area contributed by atoms with Crippen LogP contribution in [0.3, 0.4) is 0 Å². The highest BCUT2D eigenvalue weighted by Crippen LogP contribution is 2.17. The largest absolute Gasteiger partial charge is 0.288 e. The number of carbonyl (C=O) groups is 1. The van der Waals surface area contributed by atoms with Gasteiger partial charge in [0.05, 0.1) is 0 Å². The van der Waals surface area contributed by atoms with Gasteiger partial charge in [0.1, 0.15) is 0 Å². The monoisotopic (exact) mass is 240 g/mol. The zero-order valence-corrected chi connectivity index (χ0v) is 9.16. The number of anilines is 1. The summed E-state index contributed by atoms with van der Waals surface area (Å²) in [5.74, 6) is -0.157. The number of fused-ring (bicyclic) bond motifs is 1. The molecule has 0 bridgehead atoms. The minimum absolute atomic E-state index is 0.140. The van der Waals surface area contributed by atoms with Gasteiger partial charge in [-0.1, -0.05) is 17.2 Å². The minimum Gasteiger partial charge on any atom is -0.288 e. The number of rotatable bonds is 2. The van der Waals surface area contributed by atoms with E-state index in [0.717, 1.165) is 10.8 Å². The second kappa shape index (κ2) is 4.21. The number of hydrogen-bond donors (Lipinski definition) is 2. The van der Waals surface area contributed by atoms with Gasteiger partial charge in [0.25, 0.3) is 11.9 Å². The van der Waals surface area contributed by atoms with E-state index in [4.69, 9.17) is 0 Å². The summed E-state index contributed by atoms with van der Waals surface area (Å²) >= 11 is 0. The molecular formula is C11H8N6O. The van der Waals surface area contributed by atoms with Gasteiger partial charge in [0, 0.05) is 23.3 Å². The molecule has 1 amide bonds. The van der Waals surface area contributed by atoms with Crippen LogP contribution in [0.25, 0.3) is 10.8 Å². The molecule has 0 saturated heterocycles. The Labute approximate surface area is 101 Å². The van der Waals surface area contributed by atoms with Crippen molar-refractivity contribution in [1.29, 1.82) is 0 Å². The first-order chi connectivity index (χ1) is 8.84. The SMILES string of the molecule is O=C(Nc1nn[nH]n1)c1cccc2ccncc12.